The number of hydrogen-bond donors (Lipinski definition) is 2. The molecule has 1 aliphatic rings. The van der Waals surface area contributed by atoms with Crippen LogP contribution in [-0.4, -0.2) is 41.7 Å². The molecule has 3 heterocycles. The lowest BCUT2D eigenvalue weighted by Gasteiger charge is -2.37. The van der Waals surface area contributed by atoms with E-state index in [1.165, 1.54) is 12.1 Å². The van der Waals surface area contributed by atoms with Gasteiger partial charge in [0, 0.05) is 35.8 Å². The third kappa shape index (κ3) is 5.75. The third-order valence-corrected chi connectivity index (χ3v) is 6.34. The van der Waals surface area contributed by atoms with Gasteiger partial charge in [-0.05, 0) is 55.5 Å². The van der Waals surface area contributed by atoms with Crippen LogP contribution in [0, 0.1) is 6.92 Å². The third-order valence-electron chi connectivity index (χ3n) is 6.34. The van der Waals surface area contributed by atoms with E-state index in [0.717, 1.165) is 34.9 Å². The Hall–Kier alpha value is -4.87. The van der Waals surface area contributed by atoms with Gasteiger partial charge >= 0.3 is 6.18 Å². The number of carbonyl (C=O) groups is 1. The number of hydrogen-bond acceptors (Lipinski definition) is 8. The number of aromatic nitrogens is 3. The molecule has 0 unspecified atom stereocenters. The minimum atomic E-state index is -4.54. The number of aryl methyl sites for hydroxylation is 1. The van der Waals surface area contributed by atoms with Crippen molar-refractivity contribution < 1.29 is 22.7 Å². The Morgan fingerprint density at radius 2 is 1.82 bits per heavy atom. The lowest BCUT2D eigenvalue weighted by Crippen LogP contribution is -2.41. The molecule has 4 aromatic rings. The smallest absolute Gasteiger partial charge is 0.416 e. The van der Waals surface area contributed by atoms with Gasteiger partial charge in [0.25, 0.3) is 5.91 Å². The van der Waals surface area contributed by atoms with E-state index in [2.05, 4.69) is 25.6 Å². The van der Waals surface area contributed by atoms with Gasteiger partial charge in [0.1, 0.15) is 11.6 Å². The zero-order chi connectivity index (χ0) is 28.4. The van der Waals surface area contributed by atoms with Crippen LogP contribution in [0.25, 0.3) is 0 Å². The summed E-state index contributed by atoms with van der Waals surface area (Å²) in [5.41, 5.74) is 2.68. The second-order valence-electron chi connectivity index (χ2n) is 9.31. The van der Waals surface area contributed by atoms with E-state index in [1.807, 2.05) is 35.9 Å². The first kappa shape index (κ1) is 26.7. The molecule has 0 fully saturated rings. The molecule has 2 aromatic heterocycles. The Labute approximate surface area is 228 Å². The number of carbonyl (C=O) groups excluding carboxylic acids is 1. The van der Waals surface area contributed by atoms with Gasteiger partial charge < -0.3 is 25.2 Å². The van der Waals surface area contributed by atoms with Gasteiger partial charge in [-0.2, -0.15) is 18.2 Å². The predicted molar refractivity (Wildman–Crippen MR) is 146 cm³/mol. The van der Waals surface area contributed by atoms with Gasteiger partial charge in [0.15, 0.2) is 0 Å². The molecule has 0 atom stereocenters. The van der Waals surface area contributed by atoms with Gasteiger partial charge in [-0.1, -0.05) is 6.07 Å². The zero-order valence-electron chi connectivity index (χ0n) is 22.0. The predicted octanol–water partition coefficient (Wildman–Crippen LogP) is 5.62. The molecule has 2 aromatic carbocycles. The number of pyridine rings is 1. The maximum absolute atomic E-state index is 13.1. The number of alkyl halides is 3. The number of fused-ring (bicyclic) bond motifs is 1. The number of amides is 1. The van der Waals surface area contributed by atoms with Gasteiger partial charge in [0.2, 0.25) is 5.95 Å². The molecule has 5 rings (SSSR count). The molecule has 12 heteroatoms. The van der Waals surface area contributed by atoms with E-state index in [4.69, 9.17) is 4.74 Å². The number of benzene rings is 2. The Balaban J connectivity index is 1.36. The fourth-order valence-electron chi connectivity index (χ4n) is 4.37. The summed E-state index contributed by atoms with van der Waals surface area (Å²) in [6.45, 7) is 2.83. The van der Waals surface area contributed by atoms with Crippen molar-refractivity contribution in [3.05, 3.63) is 89.4 Å². The first-order valence-electron chi connectivity index (χ1n) is 12.3. The molecule has 0 bridgehead atoms. The highest BCUT2D eigenvalue weighted by molar-refractivity contribution is 6.04. The van der Waals surface area contributed by atoms with Crippen LogP contribution in [0.5, 0.6) is 5.75 Å². The van der Waals surface area contributed by atoms with Gasteiger partial charge in [-0.25, -0.2) is 4.98 Å². The molecule has 0 aliphatic carbocycles. The maximum atomic E-state index is 13.1. The van der Waals surface area contributed by atoms with E-state index in [9.17, 15) is 18.0 Å². The summed E-state index contributed by atoms with van der Waals surface area (Å²) in [5, 5.41) is 5.86. The number of ether oxygens (including phenoxy) is 1. The van der Waals surface area contributed by atoms with Crippen molar-refractivity contribution in [2.24, 2.45) is 0 Å². The van der Waals surface area contributed by atoms with Crippen molar-refractivity contribution in [1.29, 1.82) is 0 Å². The second kappa shape index (κ2) is 10.7. The van der Waals surface area contributed by atoms with Crippen LogP contribution in [0.3, 0.4) is 0 Å². The summed E-state index contributed by atoms with van der Waals surface area (Å²) in [5.74, 6) is 1.13. The van der Waals surface area contributed by atoms with Crippen LogP contribution in [-0.2, 0) is 12.7 Å². The van der Waals surface area contributed by atoms with Crippen LogP contribution < -0.4 is 25.2 Å². The maximum Gasteiger partial charge on any atom is 0.416 e. The first-order chi connectivity index (χ1) is 19.1. The summed E-state index contributed by atoms with van der Waals surface area (Å²) < 4.78 is 44.9. The molecule has 1 aliphatic heterocycles. The Kier molecular flexibility index (Phi) is 7.16. The monoisotopic (exact) mass is 549 g/mol. The van der Waals surface area contributed by atoms with Crippen LogP contribution in [0.2, 0.25) is 0 Å². The molecule has 0 saturated heterocycles. The van der Waals surface area contributed by atoms with Crippen molar-refractivity contribution >= 4 is 34.7 Å². The van der Waals surface area contributed by atoms with Crippen LogP contribution in [0.15, 0.2) is 67.0 Å². The van der Waals surface area contributed by atoms with E-state index in [1.54, 1.807) is 37.7 Å². The van der Waals surface area contributed by atoms with E-state index < -0.39 is 17.6 Å². The van der Waals surface area contributed by atoms with Crippen molar-refractivity contribution in [3.63, 3.8) is 0 Å². The summed E-state index contributed by atoms with van der Waals surface area (Å²) in [6, 6.07) is 13.2. The van der Waals surface area contributed by atoms with Crippen LogP contribution in [0.1, 0.15) is 27.2 Å². The largest absolute Gasteiger partial charge is 0.495 e. The Morgan fingerprint density at radius 3 is 2.55 bits per heavy atom. The molecule has 2 N–H and O–H groups in total. The average Bonchev–Trinajstić information content (AvgIpc) is 2.94. The normalized spacial score (nSPS) is 13.1. The summed E-state index contributed by atoms with van der Waals surface area (Å²) in [7, 11) is 3.45. The fraction of sp³-hybridized carbons (Fsp3) is 0.214. The van der Waals surface area contributed by atoms with Crippen LogP contribution >= 0.6 is 0 Å². The van der Waals surface area contributed by atoms with Gasteiger partial charge in [-0.3, -0.25) is 9.78 Å². The SMILES string of the molecule is COc1ccc(NC(=O)c2cccc(C(F)(F)F)c2)cc1N1Cc2cnc(Nc3ccc(C)nc3)nc2N(C)C1. The second-order valence-corrected chi connectivity index (χ2v) is 9.31. The number of nitrogens with one attached hydrogen (secondary N) is 2. The minimum absolute atomic E-state index is 0.0955. The first-order valence-corrected chi connectivity index (χ1v) is 12.3. The highest BCUT2D eigenvalue weighted by atomic mass is 19.4. The fourth-order valence-corrected chi connectivity index (χ4v) is 4.37. The zero-order valence-corrected chi connectivity index (χ0v) is 22.0. The molecular formula is C28H26F3N7O2. The molecule has 206 valence electrons. The van der Waals surface area contributed by atoms with Crippen LogP contribution in [0.4, 0.5) is 42.0 Å². The van der Waals surface area contributed by atoms with E-state index >= 15 is 0 Å². The number of nitrogens with zero attached hydrogens (tertiary/aromatic N) is 5. The van der Waals surface area contributed by atoms with E-state index in [0.29, 0.717) is 36.3 Å². The van der Waals surface area contributed by atoms with Gasteiger partial charge in [-0.15, -0.1) is 0 Å². The topological polar surface area (TPSA) is 95.5 Å². The molecule has 0 radical (unpaired) electrons. The van der Waals surface area contributed by atoms with E-state index in [-0.39, 0.29) is 5.56 Å². The molecule has 9 nitrogen and oxygen atoms in total. The molecule has 1 amide bonds. The number of methoxy groups -OCH3 is 1. The van der Waals surface area contributed by atoms with Crippen molar-refractivity contribution in [2.75, 3.05) is 41.3 Å². The van der Waals surface area contributed by atoms with Gasteiger partial charge in [0.05, 0.1) is 43.5 Å². The number of anilines is 5. The summed E-state index contributed by atoms with van der Waals surface area (Å²) in [6.07, 6.45) is -1.08. The minimum Gasteiger partial charge on any atom is -0.495 e. The molecule has 0 saturated carbocycles. The Bertz CT molecular complexity index is 1540. The van der Waals surface area contributed by atoms with Crippen molar-refractivity contribution in [2.45, 2.75) is 19.6 Å². The quantitative estimate of drug-likeness (QED) is 0.320. The Morgan fingerprint density at radius 1 is 1.02 bits per heavy atom. The lowest BCUT2D eigenvalue weighted by molar-refractivity contribution is -0.137. The summed E-state index contributed by atoms with van der Waals surface area (Å²) >= 11 is 0. The number of halogens is 3. The standard InChI is InChI=1S/C28H26F3N7O2/c1-17-7-8-22(14-32-17)35-27-33-13-19-15-38(16-37(2)25(19)36-27)23-12-21(9-10-24(23)40-3)34-26(39)18-5-4-6-20(11-18)28(29,30)31/h4-14H,15-16H2,1-3H3,(H,34,39)(H,33,35,36). The van der Waals surface area contributed by atoms with Crippen molar-refractivity contribution in [3.8, 4) is 5.75 Å². The molecule has 40 heavy (non-hydrogen) atoms. The molecular weight excluding hydrogens is 523 g/mol. The number of rotatable bonds is 6. The highest BCUT2D eigenvalue weighted by Crippen LogP contribution is 2.36. The highest BCUT2D eigenvalue weighted by Gasteiger charge is 2.31. The van der Waals surface area contributed by atoms with Crippen molar-refractivity contribution in [1.82, 2.24) is 15.0 Å². The lowest BCUT2D eigenvalue weighted by atomic mass is 10.1. The average molecular weight is 550 g/mol. The summed E-state index contributed by atoms with van der Waals surface area (Å²) in [4.78, 5) is 30.2. The molecule has 0 spiro atoms.